The molecular weight excluding hydrogens is 561 g/mol. The third-order valence-electron chi connectivity index (χ3n) is 5.98. The Balaban J connectivity index is 1.70. The maximum absolute atomic E-state index is 13.5. The summed E-state index contributed by atoms with van der Waals surface area (Å²) in [6.45, 7) is 5.60. The number of hydrogen-bond acceptors (Lipinski definition) is 7. The van der Waals surface area contributed by atoms with Gasteiger partial charge in [-0.1, -0.05) is 24.6 Å². The van der Waals surface area contributed by atoms with E-state index in [1.807, 2.05) is 13.8 Å². The minimum atomic E-state index is -4.23. The molecule has 1 atom stereocenters. The SMILES string of the molecule is COc1ncc(-c2ccc3ncn(C[C@@H](C)C(=O)NC(C)C)c(=O)c3c2)cc1NS(=O)(=O)c1ccc(F)cc1Cl. The third-order valence-corrected chi connectivity index (χ3v) is 7.83. The van der Waals surface area contributed by atoms with Gasteiger partial charge in [-0.05, 0) is 55.8 Å². The molecule has 0 aliphatic heterocycles. The van der Waals surface area contributed by atoms with Crippen LogP contribution in [0, 0.1) is 11.7 Å². The van der Waals surface area contributed by atoms with E-state index in [0.29, 0.717) is 22.0 Å². The van der Waals surface area contributed by atoms with Crippen LogP contribution in [-0.2, 0) is 21.4 Å². The summed E-state index contributed by atoms with van der Waals surface area (Å²) >= 11 is 5.97. The molecule has 1 amide bonds. The van der Waals surface area contributed by atoms with Crippen LogP contribution >= 0.6 is 11.6 Å². The fraction of sp³-hybridized carbons (Fsp3) is 0.259. The van der Waals surface area contributed by atoms with Gasteiger partial charge in [0.15, 0.2) is 0 Å². The molecule has 0 radical (unpaired) electrons. The summed E-state index contributed by atoms with van der Waals surface area (Å²) in [5, 5.41) is 2.86. The average molecular weight is 588 g/mol. The number of anilines is 1. The van der Waals surface area contributed by atoms with Gasteiger partial charge in [-0.3, -0.25) is 18.9 Å². The largest absolute Gasteiger partial charge is 0.480 e. The van der Waals surface area contributed by atoms with Gasteiger partial charge in [0.2, 0.25) is 11.8 Å². The highest BCUT2D eigenvalue weighted by Crippen LogP contribution is 2.32. The van der Waals surface area contributed by atoms with Crippen molar-refractivity contribution in [2.45, 2.75) is 38.3 Å². The lowest BCUT2D eigenvalue weighted by Gasteiger charge is -2.16. The van der Waals surface area contributed by atoms with Crippen molar-refractivity contribution in [3.05, 3.63) is 76.2 Å². The predicted molar refractivity (Wildman–Crippen MR) is 150 cm³/mol. The first-order valence-electron chi connectivity index (χ1n) is 12.2. The molecule has 4 aromatic rings. The molecule has 2 heterocycles. The molecule has 0 saturated carbocycles. The summed E-state index contributed by atoms with van der Waals surface area (Å²) in [4.78, 5) is 33.9. The van der Waals surface area contributed by atoms with E-state index in [1.54, 1.807) is 25.1 Å². The summed E-state index contributed by atoms with van der Waals surface area (Å²) in [6.07, 6.45) is 2.88. The first-order chi connectivity index (χ1) is 18.9. The van der Waals surface area contributed by atoms with E-state index in [4.69, 9.17) is 16.3 Å². The molecule has 0 unspecified atom stereocenters. The number of carbonyl (C=O) groups is 1. The number of nitrogens with one attached hydrogen (secondary N) is 2. The molecular formula is C27H27ClFN5O5S. The van der Waals surface area contributed by atoms with Gasteiger partial charge in [0.1, 0.15) is 16.4 Å². The molecule has 4 rings (SSSR count). The number of methoxy groups -OCH3 is 1. The highest BCUT2D eigenvalue weighted by Gasteiger charge is 2.22. The number of nitrogens with zero attached hydrogens (tertiary/aromatic N) is 3. The van der Waals surface area contributed by atoms with Crippen molar-refractivity contribution in [1.82, 2.24) is 19.9 Å². The standard InChI is InChI=1S/C27H27ClFN5O5S/c1-15(2)32-25(35)16(3)13-34-14-31-22-7-5-17(9-20(22)27(34)36)18-10-23(26(39-4)30-12-18)33-40(37,38)24-8-6-19(29)11-21(24)28/h5-12,14-16,33H,13H2,1-4H3,(H,32,35)/t16-/m1/s1. The van der Waals surface area contributed by atoms with Crippen LogP contribution in [0.2, 0.25) is 5.02 Å². The second kappa shape index (κ2) is 11.6. The quantitative estimate of drug-likeness (QED) is 0.300. The van der Waals surface area contributed by atoms with E-state index in [9.17, 15) is 22.4 Å². The Bertz CT molecular complexity index is 1760. The second-order valence-electron chi connectivity index (χ2n) is 9.46. The van der Waals surface area contributed by atoms with Crippen molar-refractivity contribution in [2.24, 2.45) is 5.92 Å². The second-order valence-corrected chi connectivity index (χ2v) is 11.5. The number of aromatic nitrogens is 3. The Morgan fingerprint density at radius 1 is 1.10 bits per heavy atom. The molecule has 0 spiro atoms. The van der Waals surface area contributed by atoms with Crippen LogP contribution < -0.4 is 20.3 Å². The summed E-state index contributed by atoms with van der Waals surface area (Å²) in [5.41, 5.74) is 1.17. The Labute approximate surface area is 235 Å². The summed E-state index contributed by atoms with van der Waals surface area (Å²) < 4.78 is 48.5. The zero-order valence-electron chi connectivity index (χ0n) is 22.1. The van der Waals surface area contributed by atoms with Crippen LogP contribution in [0.25, 0.3) is 22.0 Å². The fourth-order valence-corrected chi connectivity index (χ4v) is 5.59. The van der Waals surface area contributed by atoms with Gasteiger partial charge < -0.3 is 10.1 Å². The Kier molecular flexibility index (Phi) is 8.40. The van der Waals surface area contributed by atoms with E-state index in [0.717, 1.165) is 18.2 Å². The number of rotatable bonds is 9. The smallest absolute Gasteiger partial charge is 0.263 e. The van der Waals surface area contributed by atoms with Crippen molar-refractivity contribution in [3.8, 4) is 17.0 Å². The van der Waals surface area contributed by atoms with Gasteiger partial charge >= 0.3 is 0 Å². The van der Waals surface area contributed by atoms with Gasteiger partial charge in [-0.25, -0.2) is 22.8 Å². The number of amides is 1. The van der Waals surface area contributed by atoms with E-state index in [2.05, 4.69) is 20.0 Å². The molecule has 2 aromatic carbocycles. The molecule has 0 saturated heterocycles. The number of sulfonamides is 1. The number of benzene rings is 2. The lowest BCUT2D eigenvalue weighted by Crippen LogP contribution is -2.37. The highest BCUT2D eigenvalue weighted by atomic mass is 35.5. The highest BCUT2D eigenvalue weighted by molar-refractivity contribution is 7.92. The summed E-state index contributed by atoms with van der Waals surface area (Å²) in [6, 6.07) is 9.42. The Morgan fingerprint density at radius 2 is 1.85 bits per heavy atom. The van der Waals surface area contributed by atoms with Crippen molar-refractivity contribution in [2.75, 3.05) is 11.8 Å². The summed E-state index contributed by atoms with van der Waals surface area (Å²) in [5.74, 6) is -1.32. The van der Waals surface area contributed by atoms with Crippen LogP contribution in [-0.4, -0.2) is 42.0 Å². The van der Waals surface area contributed by atoms with Gasteiger partial charge in [-0.15, -0.1) is 0 Å². The number of fused-ring (bicyclic) bond motifs is 1. The third kappa shape index (κ3) is 6.23. The van der Waals surface area contributed by atoms with Crippen LogP contribution in [0.15, 0.2) is 64.7 Å². The fourth-order valence-electron chi connectivity index (χ4n) is 4.01. The lowest BCUT2D eigenvalue weighted by molar-refractivity contribution is -0.125. The normalized spacial score (nSPS) is 12.4. The first kappa shape index (κ1) is 29.0. The topological polar surface area (TPSA) is 132 Å². The van der Waals surface area contributed by atoms with Gasteiger partial charge in [0.05, 0.1) is 35.3 Å². The maximum Gasteiger partial charge on any atom is 0.263 e. The molecule has 40 heavy (non-hydrogen) atoms. The van der Waals surface area contributed by atoms with Crippen molar-refractivity contribution < 1.29 is 22.3 Å². The minimum Gasteiger partial charge on any atom is -0.480 e. The molecule has 0 bridgehead atoms. The number of ether oxygens (including phenoxy) is 1. The van der Waals surface area contributed by atoms with Crippen LogP contribution in [0.1, 0.15) is 20.8 Å². The molecule has 13 heteroatoms. The van der Waals surface area contributed by atoms with Crippen LogP contribution in [0.3, 0.4) is 0 Å². The summed E-state index contributed by atoms with van der Waals surface area (Å²) in [7, 11) is -2.90. The monoisotopic (exact) mass is 587 g/mol. The van der Waals surface area contributed by atoms with Gasteiger partial charge in [0, 0.05) is 24.3 Å². The van der Waals surface area contributed by atoms with E-state index >= 15 is 0 Å². The molecule has 10 nitrogen and oxygen atoms in total. The van der Waals surface area contributed by atoms with Gasteiger partial charge in [-0.2, -0.15) is 0 Å². The maximum atomic E-state index is 13.5. The van der Waals surface area contributed by atoms with Crippen molar-refractivity contribution in [3.63, 3.8) is 0 Å². The van der Waals surface area contributed by atoms with Crippen molar-refractivity contribution >= 4 is 44.1 Å². The predicted octanol–water partition coefficient (Wildman–Crippen LogP) is 4.22. The molecule has 0 aliphatic rings. The van der Waals surface area contributed by atoms with Gasteiger partial charge in [0.25, 0.3) is 15.6 Å². The molecule has 0 aliphatic carbocycles. The molecule has 210 valence electrons. The van der Waals surface area contributed by atoms with Crippen molar-refractivity contribution in [1.29, 1.82) is 0 Å². The number of pyridine rings is 1. The minimum absolute atomic E-state index is 0.00840. The van der Waals surface area contributed by atoms with E-state index < -0.39 is 21.8 Å². The van der Waals surface area contributed by atoms with Crippen LogP contribution in [0.4, 0.5) is 10.1 Å². The van der Waals surface area contributed by atoms with Crippen LogP contribution in [0.5, 0.6) is 5.88 Å². The Hall–Kier alpha value is -4.03. The van der Waals surface area contributed by atoms with E-state index in [1.165, 1.54) is 30.3 Å². The molecule has 0 fully saturated rings. The zero-order valence-corrected chi connectivity index (χ0v) is 23.7. The zero-order chi connectivity index (χ0) is 29.2. The molecule has 2 N–H and O–H groups in total. The average Bonchev–Trinajstić information content (AvgIpc) is 2.89. The number of hydrogen-bond donors (Lipinski definition) is 2. The number of halogens is 2. The molecule has 2 aromatic heterocycles. The lowest BCUT2D eigenvalue weighted by atomic mass is 10.0. The number of carbonyl (C=O) groups excluding carboxylic acids is 1. The first-order valence-corrected chi connectivity index (χ1v) is 14.1. The van der Waals surface area contributed by atoms with E-state index in [-0.39, 0.29) is 45.5 Å². The Morgan fingerprint density at radius 3 is 2.52 bits per heavy atom.